The van der Waals surface area contributed by atoms with E-state index in [0.29, 0.717) is 0 Å². The zero-order valence-corrected chi connectivity index (χ0v) is 14.8. The molecule has 0 aliphatic carbocycles. The lowest BCUT2D eigenvalue weighted by atomic mass is 10.1. The Kier molecular flexibility index (Phi) is 5.88. The molecule has 0 fully saturated rings. The van der Waals surface area contributed by atoms with E-state index in [-0.39, 0.29) is 29.4 Å². The first-order chi connectivity index (χ1) is 13.1. The second-order valence-electron chi connectivity index (χ2n) is 5.98. The Morgan fingerprint density at radius 3 is 2.67 bits per heavy atom. The van der Waals surface area contributed by atoms with E-state index in [1.54, 1.807) is 0 Å². The number of nitrogens with zero attached hydrogens (tertiary/aromatic N) is 3. The van der Waals surface area contributed by atoms with Crippen LogP contribution in [-0.4, -0.2) is 32.8 Å². The molecule has 1 aromatic carbocycles. The standard InChI is InChI=1S/C19H19N5O3/c1-13(7-8-14-5-3-2-4-6-14)22-18(26)16-12-27-19(23-16)24-17(25)15-11-20-9-10-21-15/h2-6,9-13H,7-8H2,1H3,(H,22,26)(H,23,24,25)/t13-/m1/s1. The molecule has 3 rings (SSSR count). The van der Waals surface area contributed by atoms with Gasteiger partial charge in [0.2, 0.25) is 0 Å². The third-order valence-electron chi connectivity index (χ3n) is 3.84. The van der Waals surface area contributed by atoms with E-state index in [1.165, 1.54) is 30.4 Å². The Bertz CT molecular complexity index is 896. The van der Waals surface area contributed by atoms with Crippen molar-refractivity contribution in [2.45, 2.75) is 25.8 Å². The average Bonchev–Trinajstić information content (AvgIpc) is 3.16. The number of aromatic nitrogens is 3. The van der Waals surface area contributed by atoms with Crippen LogP contribution >= 0.6 is 0 Å². The Morgan fingerprint density at radius 1 is 1.11 bits per heavy atom. The molecule has 0 radical (unpaired) electrons. The van der Waals surface area contributed by atoms with E-state index in [2.05, 4.69) is 37.7 Å². The summed E-state index contributed by atoms with van der Waals surface area (Å²) in [6.45, 7) is 1.93. The van der Waals surface area contributed by atoms with Gasteiger partial charge >= 0.3 is 6.01 Å². The maximum absolute atomic E-state index is 12.3. The number of anilines is 1. The molecule has 0 aliphatic heterocycles. The number of aryl methyl sites for hydroxylation is 1. The molecule has 8 nitrogen and oxygen atoms in total. The summed E-state index contributed by atoms with van der Waals surface area (Å²) in [5.74, 6) is -0.882. The normalized spacial score (nSPS) is 11.6. The van der Waals surface area contributed by atoms with Gasteiger partial charge in [-0.15, -0.1) is 0 Å². The quantitative estimate of drug-likeness (QED) is 0.665. The molecule has 0 saturated carbocycles. The van der Waals surface area contributed by atoms with Crippen LogP contribution in [0, 0.1) is 0 Å². The molecule has 1 atom stereocenters. The van der Waals surface area contributed by atoms with Gasteiger partial charge in [0.25, 0.3) is 11.8 Å². The Labute approximate surface area is 156 Å². The van der Waals surface area contributed by atoms with Crippen LogP contribution in [0.1, 0.15) is 39.9 Å². The van der Waals surface area contributed by atoms with Gasteiger partial charge < -0.3 is 9.73 Å². The SMILES string of the molecule is C[C@H](CCc1ccccc1)NC(=O)c1coc(NC(=O)c2cnccn2)n1. The first-order valence-electron chi connectivity index (χ1n) is 8.49. The smallest absolute Gasteiger partial charge is 0.302 e. The average molecular weight is 365 g/mol. The van der Waals surface area contributed by atoms with Crippen LogP contribution in [-0.2, 0) is 6.42 Å². The van der Waals surface area contributed by atoms with Gasteiger partial charge in [-0.05, 0) is 25.3 Å². The van der Waals surface area contributed by atoms with E-state index in [4.69, 9.17) is 4.42 Å². The second-order valence-corrected chi connectivity index (χ2v) is 5.98. The maximum Gasteiger partial charge on any atom is 0.302 e. The highest BCUT2D eigenvalue weighted by atomic mass is 16.4. The van der Waals surface area contributed by atoms with E-state index in [1.807, 2.05) is 25.1 Å². The van der Waals surface area contributed by atoms with Crippen LogP contribution in [0.15, 0.2) is 59.6 Å². The Balaban J connectivity index is 1.51. The van der Waals surface area contributed by atoms with E-state index in [0.717, 1.165) is 12.8 Å². The van der Waals surface area contributed by atoms with Gasteiger partial charge in [-0.2, -0.15) is 4.98 Å². The fourth-order valence-corrected chi connectivity index (χ4v) is 2.41. The zero-order chi connectivity index (χ0) is 19.1. The highest BCUT2D eigenvalue weighted by Crippen LogP contribution is 2.10. The van der Waals surface area contributed by atoms with E-state index in [9.17, 15) is 9.59 Å². The van der Waals surface area contributed by atoms with Gasteiger partial charge in [-0.1, -0.05) is 30.3 Å². The Morgan fingerprint density at radius 2 is 1.93 bits per heavy atom. The largest absolute Gasteiger partial charge is 0.431 e. The number of amides is 2. The molecule has 0 saturated heterocycles. The number of rotatable bonds is 7. The van der Waals surface area contributed by atoms with E-state index < -0.39 is 5.91 Å². The predicted molar refractivity (Wildman–Crippen MR) is 98.2 cm³/mol. The van der Waals surface area contributed by atoms with E-state index >= 15 is 0 Å². The molecule has 8 heteroatoms. The number of benzene rings is 1. The molecule has 0 spiro atoms. The van der Waals surface area contributed by atoms with Crippen LogP contribution in [0.5, 0.6) is 0 Å². The minimum absolute atomic E-state index is 0.0351. The molecule has 0 bridgehead atoms. The Hall–Kier alpha value is -3.55. The molecule has 2 heterocycles. The maximum atomic E-state index is 12.3. The summed E-state index contributed by atoms with van der Waals surface area (Å²) in [7, 11) is 0. The number of nitrogens with one attached hydrogen (secondary N) is 2. The molecule has 2 amide bonds. The number of hydrogen-bond acceptors (Lipinski definition) is 6. The number of carbonyl (C=O) groups is 2. The van der Waals surface area contributed by atoms with Crippen molar-refractivity contribution in [1.82, 2.24) is 20.3 Å². The van der Waals surface area contributed by atoms with Gasteiger partial charge in [0.1, 0.15) is 12.0 Å². The molecule has 3 aromatic rings. The summed E-state index contributed by atoms with van der Waals surface area (Å²) in [5.41, 5.74) is 1.43. The van der Waals surface area contributed by atoms with Crippen LogP contribution < -0.4 is 10.6 Å². The lowest BCUT2D eigenvalue weighted by Gasteiger charge is -2.12. The fraction of sp³-hybridized carbons (Fsp3) is 0.211. The summed E-state index contributed by atoms with van der Waals surface area (Å²) < 4.78 is 5.14. The lowest BCUT2D eigenvalue weighted by Crippen LogP contribution is -2.33. The highest BCUT2D eigenvalue weighted by molar-refractivity contribution is 6.01. The minimum atomic E-state index is -0.520. The summed E-state index contributed by atoms with van der Waals surface area (Å²) in [6, 6.07) is 9.95. The van der Waals surface area contributed by atoms with Crippen molar-refractivity contribution in [1.29, 1.82) is 0 Å². The van der Waals surface area contributed by atoms with Crippen LogP contribution in [0.3, 0.4) is 0 Å². The fourth-order valence-electron chi connectivity index (χ4n) is 2.41. The summed E-state index contributed by atoms with van der Waals surface area (Å²) >= 11 is 0. The number of carbonyl (C=O) groups excluding carboxylic acids is 2. The molecule has 0 aliphatic rings. The topological polar surface area (TPSA) is 110 Å². The summed E-state index contributed by atoms with van der Waals surface area (Å²) in [6.07, 6.45) is 7.04. The van der Waals surface area contributed by atoms with Crippen molar-refractivity contribution >= 4 is 17.8 Å². The minimum Gasteiger partial charge on any atom is -0.431 e. The summed E-state index contributed by atoms with van der Waals surface area (Å²) in [4.78, 5) is 35.9. The van der Waals surface area contributed by atoms with Gasteiger partial charge in [0.05, 0.1) is 6.20 Å². The van der Waals surface area contributed by atoms with Gasteiger partial charge in [-0.25, -0.2) is 4.98 Å². The highest BCUT2D eigenvalue weighted by Gasteiger charge is 2.17. The molecule has 138 valence electrons. The first-order valence-corrected chi connectivity index (χ1v) is 8.49. The predicted octanol–water partition coefficient (Wildman–Crippen LogP) is 2.47. The third-order valence-corrected chi connectivity index (χ3v) is 3.84. The lowest BCUT2D eigenvalue weighted by molar-refractivity contribution is 0.0932. The molecule has 2 aromatic heterocycles. The van der Waals surface area contributed by atoms with Crippen molar-refractivity contribution < 1.29 is 14.0 Å². The molecular weight excluding hydrogens is 346 g/mol. The monoisotopic (exact) mass is 365 g/mol. The molecule has 0 unspecified atom stereocenters. The summed E-state index contributed by atoms with van der Waals surface area (Å²) in [5, 5.41) is 5.30. The number of oxazole rings is 1. The number of hydrogen-bond donors (Lipinski definition) is 2. The van der Waals surface area contributed by atoms with Crippen LogP contribution in [0.25, 0.3) is 0 Å². The van der Waals surface area contributed by atoms with Crippen LogP contribution in [0.2, 0.25) is 0 Å². The van der Waals surface area contributed by atoms with Crippen molar-refractivity contribution in [3.05, 3.63) is 72.1 Å². The molecule has 27 heavy (non-hydrogen) atoms. The first kappa shape index (κ1) is 18.2. The van der Waals surface area contributed by atoms with Gasteiger partial charge in [-0.3, -0.25) is 19.9 Å². The van der Waals surface area contributed by atoms with Gasteiger partial charge in [0, 0.05) is 18.4 Å². The third kappa shape index (κ3) is 5.21. The van der Waals surface area contributed by atoms with Gasteiger partial charge in [0.15, 0.2) is 5.69 Å². The van der Waals surface area contributed by atoms with Crippen molar-refractivity contribution in [2.24, 2.45) is 0 Å². The van der Waals surface area contributed by atoms with Crippen molar-refractivity contribution in [3.63, 3.8) is 0 Å². The molecule has 2 N–H and O–H groups in total. The van der Waals surface area contributed by atoms with Crippen molar-refractivity contribution in [3.8, 4) is 0 Å². The van der Waals surface area contributed by atoms with Crippen molar-refractivity contribution in [2.75, 3.05) is 5.32 Å². The second kappa shape index (κ2) is 8.70. The van der Waals surface area contributed by atoms with Crippen LogP contribution in [0.4, 0.5) is 6.01 Å². The zero-order valence-electron chi connectivity index (χ0n) is 14.8. The molecular formula is C19H19N5O3.